The van der Waals surface area contributed by atoms with Crippen LogP contribution in [0.4, 0.5) is 0 Å². The second-order valence-electron chi connectivity index (χ2n) is 9.90. The number of carbonyl (C=O) groups is 3. The van der Waals surface area contributed by atoms with E-state index in [0.29, 0.717) is 22.8 Å². The Kier molecular flexibility index (Phi) is 11.5. The van der Waals surface area contributed by atoms with E-state index in [1.54, 1.807) is 39.8 Å². The lowest BCUT2D eigenvalue weighted by atomic mass is 9.98. The lowest BCUT2D eigenvalue weighted by Gasteiger charge is -2.13. The van der Waals surface area contributed by atoms with Gasteiger partial charge in [0.1, 0.15) is 43.7 Å². The van der Waals surface area contributed by atoms with Gasteiger partial charge in [-0.1, -0.05) is 51.3 Å². The molecule has 0 spiro atoms. The molecular weight excluding hydrogens is 536 g/mol. The second kappa shape index (κ2) is 15.2. The third kappa shape index (κ3) is 9.66. The van der Waals surface area contributed by atoms with Crippen molar-refractivity contribution in [3.05, 3.63) is 91.0 Å². The molecular formula is C34H36O8. The molecule has 0 heterocycles. The van der Waals surface area contributed by atoms with Crippen molar-refractivity contribution in [3.63, 3.8) is 0 Å². The fourth-order valence-electron chi connectivity index (χ4n) is 3.56. The summed E-state index contributed by atoms with van der Waals surface area (Å²) in [7, 11) is 0. The highest BCUT2D eigenvalue weighted by Gasteiger charge is 2.12. The van der Waals surface area contributed by atoms with E-state index in [2.05, 4.69) is 13.2 Å². The molecule has 3 aromatic rings. The van der Waals surface area contributed by atoms with Gasteiger partial charge in [-0.15, -0.1) is 0 Å². The van der Waals surface area contributed by atoms with Gasteiger partial charge >= 0.3 is 17.9 Å². The Bertz CT molecular complexity index is 1420. The first-order valence-corrected chi connectivity index (χ1v) is 13.5. The summed E-state index contributed by atoms with van der Waals surface area (Å²) in [6.45, 7) is 14.7. The fourth-order valence-corrected chi connectivity index (χ4v) is 3.56. The standard InChI is InChI=1S/C34H36O8/c1-22(2)32(35)40-17-15-38-29-11-7-25(8-12-29)27-19-28(21-31(20-27)42-34(37)24(5)6)26-9-13-30(14-10-26)39-16-18-41-33(36)23(3)4/h7-14,19-21,23H,1,5,15-18H2,2-4,6H3. The summed E-state index contributed by atoms with van der Waals surface area (Å²) in [5.74, 6) is 0.206. The predicted octanol–water partition coefficient (Wildman–Crippen LogP) is 6.58. The molecule has 42 heavy (non-hydrogen) atoms. The molecule has 0 unspecified atom stereocenters. The van der Waals surface area contributed by atoms with Crippen LogP contribution in [0.25, 0.3) is 22.3 Å². The van der Waals surface area contributed by atoms with Crippen molar-refractivity contribution in [2.24, 2.45) is 5.92 Å². The quantitative estimate of drug-likeness (QED) is 0.0925. The van der Waals surface area contributed by atoms with Crippen LogP contribution in [0.15, 0.2) is 91.0 Å². The molecule has 0 fully saturated rings. The normalized spacial score (nSPS) is 10.5. The minimum atomic E-state index is -0.517. The lowest BCUT2D eigenvalue weighted by molar-refractivity contribution is -0.148. The Labute approximate surface area is 246 Å². The van der Waals surface area contributed by atoms with E-state index in [1.165, 1.54) is 0 Å². The van der Waals surface area contributed by atoms with Gasteiger partial charge in [0.05, 0.1) is 5.92 Å². The van der Waals surface area contributed by atoms with E-state index in [9.17, 15) is 14.4 Å². The number of carbonyl (C=O) groups excluding carboxylic acids is 3. The van der Waals surface area contributed by atoms with Gasteiger partial charge in [0.2, 0.25) is 0 Å². The molecule has 0 aliphatic heterocycles. The highest BCUT2D eigenvalue weighted by Crippen LogP contribution is 2.33. The Balaban J connectivity index is 1.74. The largest absolute Gasteiger partial charge is 0.490 e. The minimum absolute atomic E-state index is 0.113. The SMILES string of the molecule is C=C(C)C(=O)OCCOc1ccc(-c2cc(OC(=O)C(=C)C)cc(-c3ccc(OCCOC(=O)C(C)C)cc3)c2)cc1. The van der Waals surface area contributed by atoms with Crippen LogP contribution < -0.4 is 14.2 Å². The van der Waals surface area contributed by atoms with E-state index in [1.807, 2.05) is 54.6 Å². The third-order valence-electron chi connectivity index (χ3n) is 5.84. The van der Waals surface area contributed by atoms with Gasteiger partial charge in [-0.3, -0.25) is 4.79 Å². The first-order valence-electron chi connectivity index (χ1n) is 13.5. The van der Waals surface area contributed by atoms with Crippen molar-refractivity contribution in [2.45, 2.75) is 27.7 Å². The Hall–Kier alpha value is -4.85. The zero-order chi connectivity index (χ0) is 30.6. The second-order valence-corrected chi connectivity index (χ2v) is 9.90. The van der Waals surface area contributed by atoms with Crippen molar-refractivity contribution in [3.8, 4) is 39.5 Å². The van der Waals surface area contributed by atoms with Crippen LogP contribution in [0.1, 0.15) is 27.7 Å². The molecule has 8 heteroatoms. The van der Waals surface area contributed by atoms with Crippen LogP contribution >= 0.6 is 0 Å². The molecule has 0 aliphatic carbocycles. The molecule has 0 atom stereocenters. The number of hydrogen-bond acceptors (Lipinski definition) is 8. The average Bonchev–Trinajstić information content (AvgIpc) is 2.97. The van der Waals surface area contributed by atoms with Gasteiger partial charge in [0.25, 0.3) is 0 Å². The van der Waals surface area contributed by atoms with Crippen LogP contribution in [0, 0.1) is 5.92 Å². The summed E-state index contributed by atoms with van der Waals surface area (Å²) >= 11 is 0. The summed E-state index contributed by atoms with van der Waals surface area (Å²) in [5.41, 5.74) is 4.03. The molecule has 0 radical (unpaired) electrons. The van der Waals surface area contributed by atoms with Crippen molar-refractivity contribution >= 4 is 17.9 Å². The molecule has 0 saturated heterocycles. The molecule has 0 aliphatic rings. The molecule has 8 nitrogen and oxygen atoms in total. The maximum Gasteiger partial charge on any atom is 0.338 e. The summed E-state index contributed by atoms with van der Waals surface area (Å²) in [4.78, 5) is 35.4. The van der Waals surface area contributed by atoms with Gasteiger partial charge in [0, 0.05) is 11.1 Å². The first kappa shape index (κ1) is 31.7. The maximum atomic E-state index is 12.3. The van der Waals surface area contributed by atoms with E-state index in [4.69, 9.17) is 23.7 Å². The van der Waals surface area contributed by atoms with Crippen molar-refractivity contribution in [2.75, 3.05) is 26.4 Å². The molecule has 0 N–H and O–H groups in total. The Morgan fingerprint density at radius 1 is 0.595 bits per heavy atom. The van der Waals surface area contributed by atoms with Gasteiger partial charge < -0.3 is 23.7 Å². The third-order valence-corrected chi connectivity index (χ3v) is 5.84. The highest BCUT2D eigenvalue weighted by atomic mass is 16.6. The van der Waals surface area contributed by atoms with Gasteiger partial charge in [-0.25, -0.2) is 9.59 Å². The summed E-state index contributed by atoms with van der Waals surface area (Å²) in [6, 6.07) is 20.4. The number of rotatable bonds is 14. The van der Waals surface area contributed by atoms with Gasteiger partial charge in [-0.2, -0.15) is 0 Å². The van der Waals surface area contributed by atoms with Crippen LogP contribution in [0.2, 0.25) is 0 Å². The summed E-state index contributed by atoms with van der Waals surface area (Å²) < 4.78 is 27.1. The molecule has 3 rings (SSSR count). The van der Waals surface area contributed by atoms with E-state index in [0.717, 1.165) is 22.3 Å². The smallest absolute Gasteiger partial charge is 0.338 e. The topological polar surface area (TPSA) is 97.4 Å². The maximum absolute atomic E-state index is 12.3. The van der Waals surface area contributed by atoms with E-state index in [-0.39, 0.29) is 43.9 Å². The zero-order valence-corrected chi connectivity index (χ0v) is 24.4. The van der Waals surface area contributed by atoms with Crippen molar-refractivity contribution in [1.82, 2.24) is 0 Å². The van der Waals surface area contributed by atoms with Gasteiger partial charge in [-0.05, 0) is 78.6 Å². The Morgan fingerprint density at radius 2 is 1.05 bits per heavy atom. The summed E-state index contributed by atoms with van der Waals surface area (Å²) in [5, 5.41) is 0. The highest BCUT2D eigenvalue weighted by molar-refractivity contribution is 5.89. The lowest BCUT2D eigenvalue weighted by Crippen LogP contribution is -2.16. The van der Waals surface area contributed by atoms with Crippen LogP contribution in [-0.2, 0) is 23.9 Å². The molecule has 3 aromatic carbocycles. The van der Waals surface area contributed by atoms with Gasteiger partial charge in [0.15, 0.2) is 0 Å². The minimum Gasteiger partial charge on any atom is -0.490 e. The van der Waals surface area contributed by atoms with Crippen molar-refractivity contribution < 1.29 is 38.1 Å². The fraction of sp³-hybridized carbons (Fsp3) is 0.265. The average molecular weight is 573 g/mol. The molecule has 0 amide bonds. The first-order chi connectivity index (χ1) is 20.0. The van der Waals surface area contributed by atoms with E-state index >= 15 is 0 Å². The number of ether oxygens (including phenoxy) is 5. The van der Waals surface area contributed by atoms with Crippen LogP contribution in [-0.4, -0.2) is 44.3 Å². The Morgan fingerprint density at radius 3 is 1.48 bits per heavy atom. The molecule has 0 aromatic heterocycles. The monoisotopic (exact) mass is 572 g/mol. The van der Waals surface area contributed by atoms with Crippen LogP contribution in [0.3, 0.4) is 0 Å². The number of benzene rings is 3. The molecule has 220 valence electrons. The number of esters is 3. The summed E-state index contributed by atoms with van der Waals surface area (Å²) in [6.07, 6.45) is 0. The predicted molar refractivity (Wildman–Crippen MR) is 160 cm³/mol. The zero-order valence-electron chi connectivity index (χ0n) is 24.4. The number of hydrogen-bond donors (Lipinski definition) is 0. The van der Waals surface area contributed by atoms with Crippen LogP contribution in [0.5, 0.6) is 17.2 Å². The van der Waals surface area contributed by atoms with E-state index < -0.39 is 11.9 Å². The molecule has 0 bridgehead atoms. The van der Waals surface area contributed by atoms with Crippen molar-refractivity contribution in [1.29, 1.82) is 0 Å². The molecule has 0 saturated carbocycles.